The van der Waals surface area contributed by atoms with Crippen molar-refractivity contribution in [2.75, 3.05) is 5.33 Å². The van der Waals surface area contributed by atoms with Gasteiger partial charge in [0.1, 0.15) is 0 Å². The van der Waals surface area contributed by atoms with E-state index in [1.54, 1.807) is 0 Å². The Balaban J connectivity index is 2.87. The molecule has 1 unspecified atom stereocenters. The van der Waals surface area contributed by atoms with Gasteiger partial charge in [0, 0.05) is 15.4 Å². The van der Waals surface area contributed by atoms with Crippen molar-refractivity contribution in [2.24, 2.45) is 11.8 Å². The van der Waals surface area contributed by atoms with Gasteiger partial charge < -0.3 is 0 Å². The van der Waals surface area contributed by atoms with Crippen LogP contribution in [0.5, 0.6) is 0 Å². The van der Waals surface area contributed by atoms with Crippen LogP contribution in [0.15, 0.2) is 18.2 Å². The van der Waals surface area contributed by atoms with Gasteiger partial charge in [0.2, 0.25) is 0 Å². The standard InChI is InChI=1S/C12H15BrCl2/c1-8(2)9(7-13)6-10-11(14)4-3-5-12(10)15/h3-5,8-9H,6-7H2,1-2H3. The van der Waals surface area contributed by atoms with Crippen molar-refractivity contribution in [1.82, 2.24) is 0 Å². The molecule has 1 rings (SSSR count). The minimum Gasteiger partial charge on any atom is -0.0925 e. The summed E-state index contributed by atoms with van der Waals surface area (Å²) in [5.41, 5.74) is 1.07. The molecular formula is C12H15BrCl2. The number of alkyl halides is 1. The Kier molecular flexibility index (Phi) is 5.45. The molecule has 0 amide bonds. The molecule has 1 atom stereocenters. The third-order valence-corrected chi connectivity index (χ3v) is 4.21. The maximum Gasteiger partial charge on any atom is 0.0452 e. The molecule has 0 aromatic heterocycles. The summed E-state index contributed by atoms with van der Waals surface area (Å²) in [5.74, 6) is 1.19. The third-order valence-electron chi connectivity index (χ3n) is 2.67. The van der Waals surface area contributed by atoms with E-state index in [9.17, 15) is 0 Å². The summed E-state index contributed by atoms with van der Waals surface area (Å²) in [6.07, 6.45) is 0.932. The highest BCUT2D eigenvalue weighted by atomic mass is 79.9. The summed E-state index contributed by atoms with van der Waals surface area (Å²) in [6.45, 7) is 4.44. The van der Waals surface area contributed by atoms with Gasteiger partial charge in [0.15, 0.2) is 0 Å². The van der Waals surface area contributed by atoms with E-state index in [1.807, 2.05) is 18.2 Å². The fourth-order valence-corrected chi connectivity index (χ4v) is 2.99. The van der Waals surface area contributed by atoms with Crippen molar-refractivity contribution in [2.45, 2.75) is 20.3 Å². The molecule has 15 heavy (non-hydrogen) atoms. The smallest absolute Gasteiger partial charge is 0.0452 e. The molecule has 0 saturated carbocycles. The van der Waals surface area contributed by atoms with Gasteiger partial charge in [0.05, 0.1) is 0 Å². The number of rotatable bonds is 4. The lowest BCUT2D eigenvalue weighted by Crippen LogP contribution is -2.13. The number of hydrogen-bond donors (Lipinski definition) is 0. The molecule has 3 heteroatoms. The molecule has 1 aromatic carbocycles. The molecule has 0 aliphatic rings. The zero-order chi connectivity index (χ0) is 11.4. The average Bonchev–Trinajstić information content (AvgIpc) is 2.17. The molecule has 84 valence electrons. The summed E-state index contributed by atoms with van der Waals surface area (Å²) in [4.78, 5) is 0. The first kappa shape index (κ1) is 13.3. The van der Waals surface area contributed by atoms with E-state index in [-0.39, 0.29) is 0 Å². The SMILES string of the molecule is CC(C)C(CBr)Cc1c(Cl)cccc1Cl. The van der Waals surface area contributed by atoms with Crippen LogP contribution >= 0.6 is 39.1 Å². The van der Waals surface area contributed by atoms with Gasteiger partial charge >= 0.3 is 0 Å². The highest BCUT2D eigenvalue weighted by molar-refractivity contribution is 9.09. The van der Waals surface area contributed by atoms with Crippen LogP contribution in [0.25, 0.3) is 0 Å². The predicted octanol–water partition coefficient (Wildman–Crippen LogP) is 5.20. The second kappa shape index (κ2) is 6.12. The fraction of sp³-hybridized carbons (Fsp3) is 0.500. The predicted molar refractivity (Wildman–Crippen MR) is 72.3 cm³/mol. The monoisotopic (exact) mass is 308 g/mol. The van der Waals surface area contributed by atoms with Crippen molar-refractivity contribution in [3.8, 4) is 0 Å². The van der Waals surface area contributed by atoms with Gasteiger partial charge in [-0.25, -0.2) is 0 Å². The molecule has 0 fully saturated rings. The maximum atomic E-state index is 6.14. The summed E-state index contributed by atoms with van der Waals surface area (Å²) < 4.78 is 0. The van der Waals surface area contributed by atoms with Gasteiger partial charge in [0.25, 0.3) is 0 Å². The second-order valence-electron chi connectivity index (χ2n) is 4.06. The number of halogens is 3. The molecule has 0 spiro atoms. The molecule has 0 nitrogen and oxygen atoms in total. The van der Waals surface area contributed by atoms with E-state index in [1.165, 1.54) is 0 Å². The molecule has 0 N–H and O–H groups in total. The highest BCUT2D eigenvalue weighted by Crippen LogP contribution is 2.29. The number of hydrogen-bond acceptors (Lipinski definition) is 0. The van der Waals surface area contributed by atoms with Crippen LogP contribution in [0.1, 0.15) is 19.4 Å². The van der Waals surface area contributed by atoms with Crippen molar-refractivity contribution in [1.29, 1.82) is 0 Å². The Morgan fingerprint density at radius 1 is 1.20 bits per heavy atom. The summed E-state index contributed by atoms with van der Waals surface area (Å²) in [6, 6.07) is 5.68. The molecule has 0 radical (unpaired) electrons. The Morgan fingerprint density at radius 3 is 2.13 bits per heavy atom. The number of benzene rings is 1. The van der Waals surface area contributed by atoms with Crippen molar-refractivity contribution in [3.63, 3.8) is 0 Å². The van der Waals surface area contributed by atoms with Crippen LogP contribution in [-0.4, -0.2) is 5.33 Å². The van der Waals surface area contributed by atoms with Crippen LogP contribution in [-0.2, 0) is 6.42 Å². The maximum absolute atomic E-state index is 6.14. The molecule has 0 bridgehead atoms. The summed E-state index contributed by atoms with van der Waals surface area (Å²) in [7, 11) is 0. The third kappa shape index (κ3) is 3.65. The van der Waals surface area contributed by atoms with Crippen LogP contribution in [0.2, 0.25) is 10.0 Å². The van der Waals surface area contributed by atoms with Crippen LogP contribution in [0.4, 0.5) is 0 Å². The highest BCUT2D eigenvalue weighted by Gasteiger charge is 2.16. The topological polar surface area (TPSA) is 0 Å². The summed E-state index contributed by atoms with van der Waals surface area (Å²) in [5, 5.41) is 2.52. The zero-order valence-electron chi connectivity index (χ0n) is 8.93. The first-order valence-electron chi connectivity index (χ1n) is 5.05. The van der Waals surface area contributed by atoms with Crippen molar-refractivity contribution in [3.05, 3.63) is 33.8 Å². The van der Waals surface area contributed by atoms with Gasteiger partial charge in [-0.3, -0.25) is 0 Å². The minimum atomic E-state index is 0.572. The van der Waals surface area contributed by atoms with Crippen molar-refractivity contribution < 1.29 is 0 Å². The normalized spacial score (nSPS) is 13.2. The Labute approximate surface area is 110 Å². The first-order valence-corrected chi connectivity index (χ1v) is 6.92. The van der Waals surface area contributed by atoms with E-state index in [0.717, 1.165) is 27.4 Å². The quantitative estimate of drug-likeness (QED) is 0.670. The zero-order valence-corrected chi connectivity index (χ0v) is 12.0. The van der Waals surface area contributed by atoms with Gasteiger partial charge in [-0.05, 0) is 36.0 Å². The Bertz CT molecular complexity index is 303. The lowest BCUT2D eigenvalue weighted by molar-refractivity contribution is 0.427. The second-order valence-corrected chi connectivity index (χ2v) is 5.52. The largest absolute Gasteiger partial charge is 0.0925 e. The lowest BCUT2D eigenvalue weighted by Gasteiger charge is -2.19. The van der Waals surface area contributed by atoms with Crippen LogP contribution in [0, 0.1) is 11.8 Å². The van der Waals surface area contributed by atoms with E-state index in [4.69, 9.17) is 23.2 Å². The molecule has 0 aliphatic heterocycles. The van der Waals surface area contributed by atoms with E-state index < -0.39 is 0 Å². The molecule has 0 aliphatic carbocycles. The summed E-state index contributed by atoms with van der Waals surface area (Å²) >= 11 is 15.8. The van der Waals surface area contributed by atoms with Gasteiger partial charge in [-0.2, -0.15) is 0 Å². The minimum absolute atomic E-state index is 0.572. The van der Waals surface area contributed by atoms with Crippen molar-refractivity contribution >= 4 is 39.1 Å². The van der Waals surface area contributed by atoms with E-state index >= 15 is 0 Å². The van der Waals surface area contributed by atoms with Gasteiger partial charge in [-0.1, -0.05) is 59.0 Å². The Morgan fingerprint density at radius 2 is 1.73 bits per heavy atom. The van der Waals surface area contributed by atoms with Gasteiger partial charge in [-0.15, -0.1) is 0 Å². The van der Waals surface area contributed by atoms with Crippen LogP contribution in [0.3, 0.4) is 0 Å². The lowest BCUT2D eigenvalue weighted by atomic mass is 9.91. The van der Waals surface area contributed by atoms with Crippen LogP contribution < -0.4 is 0 Å². The fourth-order valence-electron chi connectivity index (χ4n) is 1.46. The Hall–Kier alpha value is 0.280. The van der Waals surface area contributed by atoms with E-state index in [0.29, 0.717) is 11.8 Å². The molecule has 0 saturated heterocycles. The first-order chi connectivity index (χ1) is 7.06. The average molecular weight is 310 g/mol. The molecular weight excluding hydrogens is 295 g/mol. The molecule has 1 aromatic rings. The van der Waals surface area contributed by atoms with E-state index in [2.05, 4.69) is 29.8 Å². The molecule has 0 heterocycles.